The Balaban J connectivity index is 1.72. The van der Waals surface area contributed by atoms with Crippen LogP contribution in [0.15, 0.2) is 36.9 Å². The van der Waals surface area contributed by atoms with Crippen LogP contribution in [0.1, 0.15) is 36.3 Å². The first-order valence-electron chi connectivity index (χ1n) is 10.1. The van der Waals surface area contributed by atoms with E-state index < -0.39 is 6.23 Å². The van der Waals surface area contributed by atoms with Crippen LogP contribution in [0.25, 0.3) is 17.2 Å². The molecule has 1 N–H and O–H groups in total. The molecule has 160 valence electrons. The summed E-state index contributed by atoms with van der Waals surface area (Å²) in [4.78, 5) is 13.7. The van der Waals surface area contributed by atoms with Crippen LogP contribution in [0.3, 0.4) is 0 Å². The summed E-state index contributed by atoms with van der Waals surface area (Å²) in [6.45, 7) is 6.34. The van der Waals surface area contributed by atoms with Crippen molar-refractivity contribution in [2.75, 3.05) is 26.1 Å². The van der Waals surface area contributed by atoms with E-state index in [1.54, 1.807) is 24.2 Å². The Morgan fingerprint density at radius 1 is 1.29 bits per heavy atom. The number of hydrogen-bond acceptors (Lipinski definition) is 6. The van der Waals surface area contributed by atoms with E-state index >= 15 is 0 Å². The van der Waals surface area contributed by atoms with Gasteiger partial charge in [0.15, 0.2) is 6.23 Å². The number of rotatable bonds is 4. The summed E-state index contributed by atoms with van der Waals surface area (Å²) in [5.74, 6) is 0.719. The summed E-state index contributed by atoms with van der Waals surface area (Å²) >= 11 is 0. The lowest BCUT2D eigenvalue weighted by Crippen LogP contribution is -2.34. The molecule has 2 aliphatic rings. The van der Waals surface area contributed by atoms with Gasteiger partial charge in [0.1, 0.15) is 5.75 Å². The lowest BCUT2D eigenvalue weighted by molar-refractivity contribution is 0.00739. The fourth-order valence-corrected chi connectivity index (χ4v) is 4.34. The van der Waals surface area contributed by atoms with E-state index in [4.69, 9.17) is 14.2 Å². The Hall–Kier alpha value is -3.50. The number of carbonyl (C=O) groups excluding carboxylic acids is 1. The molecule has 31 heavy (non-hydrogen) atoms. The van der Waals surface area contributed by atoms with Crippen LogP contribution in [-0.4, -0.2) is 43.9 Å². The van der Waals surface area contributed by atoms with E-state index in [9.17, 15) is 10.1 Å². The van der Waals surface area contributed by atoms with Crippen LogP contribution < -0.4 is 10.1 Å². The lowest BCUT2D eigenvalue weighted by Gasteiger charge is -2.32. The highest BCUT2D eigenvalue weighted by atomic mass is 16.5. The number of methoxy groups -OCH3 is 2. The summed E-state index contributed by atoms with van der Waals surface area (Å²) in [6.07, 6.45) is 1.50. The molecule has 2 heterocycles. The first-order valence-corrected chi connectivity index (χ1v) is 10.1. The molecule has 0 saturated carbocycles. The van der Waals surface area contributed by atoms with E-state index in [1.807, 2.05) is 31.2 Å². The highest BCUT2D eigenvalue weighted by Crippen LogP contribution is 2.45. The Morgan fingerprint density at radius 3 is 2.77 bits per heavy atom. The fraction of sp³-hybridized carbons (Fsp3) is 0.333. The molecule has 1 amide bonds. The van der Waals surface area contributed by atoms with E-state index in [0.717, 1.165) is 33.7 Å². The standard InChI is InChI=1S/C24H25N3O4/c1-5-16-10-20-19(11-22(16)29-3)18-7-6-15(12-25)9-21(18)26-23(20)31-17-8-14(2)27(13-17)24(28)30-4/h5-7,9-11,14,17,23,26H,1,8,13H2,2-4H3/t14-,17-,23?/m1/s1. The van der Waals surface area contributed by atoms with Crippen LogP contribution in [0.5, 0.6) is 5.75 Å². The molecule has 0 aliphatic carbocycles. The number of benzene rings is 2. The van der Waals surface area contributed by atoms with Gasteiger partial charge < -0.3 is 24.4 Å². The summed E-state index contributed by atoms with van der Waals surface area (Å²) in [7, 11) is 3.01. The molecular weight excluding hydrogens is 394 g/mol. The number of hydrogen-bond donors (Lipinski definition) is 1. The number of nitriles is 1. The van der Waals surface area contributed by atoms with Gasteiger partial charge in [-0.15, -0.1) is 0 Å². The second-order valence-electron chi connectivity index (χ2n) is 7.75. The van der Waals surface area contributed by atoms with Crippen molar-refractivity contribution in [1.29, 1.82) is 5.26 Å². The van der Waals surface area contributed by atoms with Crippen molar-refractivity contribution in [3.8, 4) is 22.9 Å². The van der Waals surface area contributed by atoms with Crippen molar-refractivity contribution in [3.05, 3.63) is 53.6 Å². The molecular formula is C24H25N3O4. The van der Waals surface area contributed by atoms with E-state index in [1.165, 1.54) is 7.11 Å². The van der Waals surface area contributed by atoms with Crippen molar-refractivity contribution in [2.45, 2.75) is 31.7 Å². The second-order valence-corrected chi connectivity index (χ2v) is 7.75. The molecule has 0 radical (unpaired) electrons. The normalized spacial score (nSPS) is 21.4. The third-order valence-electron chi connectivity index (χ3n) is 5.90. The van der Waals surface area contributed by atoms with E-state index in [-0.39, 0.29) is 18.2 Å². The van der Waals surface area contributed by atoms with Gasteiger partial charge in [-0.3, -0.25) is 0 Å². The molecule has 7 heteroatoms. The van der Waals surface area contributed by atoms with Crippen molar-refractivity contribution in [1.82, 2.24) is 4.90 Å². The number of ether oxygens (including phenoxy) is 3. The second kappa shape index (κ2) is 8.32. The van der Waals surface area contributed by atoms with Crippen LogP contribution in [0.4, 0.5) is 10.5 Å². The minimum absolute atomic E-state index is 0.0255. The Kier molecular flexibility index (Phi) is 5.57. The van der Waals surface area contributed by atoms with Gasteiger partial charge in [0.2, 0.25) is 0 Å². The van der Waals surface area contributed by atoms with Gasteiger partial charge in [-0.1, -0.05) is 18.7 Å². The maximum absolute atomic E-state index is 12.0. The highest BCUT2D eigenvalue weighted by molar-refractivity contribution is 5.86. The zero-order valence-corrected chi connectivity index (χ0v) is 17.8. The van der Waals surface area contributed by atoms with Crippen molar-refractivity contribution >= 4 is 17.9 Å². The smallest absolute Gasteiger partial charge is 0.409 e. The van der Waals surface area contributed by atoms with Crippen LogP contribution in [0, 0.1) is 11.3 Å². The van der Waals surface area contributed by atoms with Crippen LogP contribution in [0.2, 0.25) is 0 Å². The summed E-state index contributed by atoms with van der Waals surface area (Å²) in [6, 6.07) is 11.7. The topological polar surface area (TPSA) is 83.8 Å². The molecule has 3 atom stereocenters. The summed E-state index contributed by atoms with van der Waals surface area (Å²) in [5, 5.41) is 12.8. The maximum atomic E-state index is 12.0. The van der Waals surface area contributed by atoms with Gasteiger partial charge in [-0.05, 0) is 43.2 Å². The Morgan fingerprint density at radius 2 is 2.10 bits per heavy atom. The van der Waals surface area contributed by atoms with Gasteiger partial charge in [0.25, 0.3) is 0 Å². The number of likely N-dealkylation sites (tertiary alicyclic amines) is 1. The zero-order valence-electron chi connectivity index (χ0n) is 17.8. The molecule has 2 aliphatic heterocycles. The number of fused-ring (bicyclic) bond motifs is 3. The van der Waals surface area contributed by atoms with E-state index in [0.29, 0.717) is 18.5 Å². The van der Waals surface area contributed by atoms with Gasteiger partial charge in [0, 0.05) is 28.4 Å². The maximum Gasteiger partial charge on any atom is 0.409 e. The Bertz CT molecular complexity index is 1080. The van der Waals surface area contributed by atoms with Gasteiger partial charge in [-0.25, -0.2) is 4.79 Å². The van der Waals surface area contributed by atoms with Gasteiger partial charge in [0.05, 0.1) is 38.5 Å². The number of nitrogens with zero attached hydrogens (tertiary/aromatic N) is 2. The monoisotopic (exact) mass is 419 g/mol. The summed E-state index contributed by atoms with van der Waals surface area (Å²) < 4.78 is 16.9. The lowest BCUT2D eigenvalue weighted by atomic mass is 9.90. The molecule has 2 aromatic rings. The number of anilines is 1. The first kappa shape index (κ1) is 20.8. The molecule has 7 nitrogen and oxygen atoms in total. The van der Waals surface area contributed by atoms with E-state index in [2.05, 4.69) is 18.0 Å². The molecule has 1 unspecified atom stereocenters. The van der Waals surface area contributed by atoms with Gasteiger partial charge in [-0.2, -0.15) is 5.26 Å². The van der Waals surface area contributed by atoms with Crippen molar-refractivity contribution in [2.24, 2.45) is 0 Å². The summed E-state index contributed by atoms with van der Waals surface area (Å²) in [5.41, 5.74) is 5.15. The van der Waals surface area contributed by atoms with Crippen molar-refractivity contribution < 1.29 is 19.0 Å². The molecule has 2 aromatic carbocycles. The van der Waals surface area contributed by atoms with Crippen LogP contribution >= 0.6 is 0 Å². The third kappa shape index (κ3) is 3.71. The zero-order chi connectivity index (χ0) is 22.1. The molecule has 4 rings (SSSR count). The van der Waals surface area contributed by atoms with Gasteiger partial charge >= 0.3 is 6.09 Å². The molecule has 0 aromatic heterocycles. The number of amides is 1. The average molecular weight is 419 g/mol. The quantitative estimate of drug-likeness (QED) is 0.783. The molecule has 1 saturated heterocycles. The molecule has 1 fully saturated rings. The minimum atomic E-state index is -0.448. The average Bonchev–Trinajstić information content (AvgIpc) is 3.16. The minimum Gasteiger partial charge on any atom is -0.496 e. The number of carbonyl (C=O) groups is 1. The molecule has 0 bridgehead atoms. The highest BCUT2D eigenvalue weighted by Gasteiger charge is 2.37. The molecule has 0 spiro atoms. The first-order chi connectivity index (χ1) is 15.0. The predicted molar refractivity (Wildman–Crippen MR) is 118 cm³/mol. The predicted octanol–water partition coefficient (Wildman–Crippen LogP) is 4.55. The fourth-order valence-electron chi connectivity index (χ4n) is 4.34. The third-order valence-corrected chi connectivity index (χ3v) is 5.90. The largest absolute Gasteiger partial charge is 0.496 e. The Labute approximate surface area is 181 Å². The number of nitrogens with one attached hydrogen (secondary N) is 1. The van der Waals surface area contributed by atoms with Crippen LogP contribution in [-0.2, 0) is 9.47 Å². The van der Waals surface area contributed by atoms with Crippen molar-refractivity contribution in [3.63, 3.8) is 0 Å². The SMILES string of the molecule is C=Cc1cc2c(cc1OC)-c1ccc(C#N)cc1NC2O[C@@H]1C[C@@H](C)N(C(=O)OC)C1.